The summed E-state index contributed by atoms with van der Waals surface area (Å²) in [5.41, 5.74) is 0. The van der Waals surface area contributed by atoms with Crippen LogP contribution >= 0.6 is 22.3 Å². The minimum absolute atomic E-state index is 0.136. The van der Waals surface area contributed by atoms with E-state index in [1.54, 1.807) is 6.92 Å². The van der Waals surface area contributed by atoms with Gasteiger partial charge in [0.15, 0.2) is 0 Å². The molecule has 96 valence electrons. The monoisotopic (exact) mass is 300 g/mol. The van der Waals surface area contributed by atoms with Gasteiger partial charge in [0.25, 0.3) is 0 Å². The van der Waals surface area contributed by atoms with Gasteiger partial charge in [-0.1, -0.05) is 18.5 Å². The largest absolute Gasteiger partial charge is 0.492 e. The van der Waals surface area contributed by atoms with Crippen LogP contribution in [0.3, 0.4) is 0 Å². The first-order valence-corrected chi connectivity index (χ1v) is 7.64. The number of benzene rings is 1. The molecule has 0 bridgehead atoms. The Morgan fingerprint density at radius 2 is 2.12 bits per heavy atom. The number of halogens is 3. The molecule has 1 atom stereocenters. The van der Waals surface area contributed by atoms with Crippen molar-refractivity contribution in [2.45, 2.75) is 6.92 Å². The average molecular weight is 301 g/mol. The van der Waals surface area contributed by atoms with Crippen molar-refractivity contribution in [1.29, 1.82) is 0 Å². The summed E-state index contributed by atoms with van der Waals surface area (Å²) >= 11 is 5.74. The SMILES string of the molecule is CC(COc1ccc(F)cc1Cl)CS(=O)(=O)Cl. The van der Waals surface area contributed by atoms with Gasteiger partial charge in [-0.05, 0) is 18.2 Å². The zero-order chi connectivity index (χ0) is 13.1. The standard InChI is InChI=1S/C10H11Cl2FO3S/c1-7(6-17(12,14)15)5-16-10-3-2-8(13)4-9(10)11/h2-4,7H,5-6H2,1H3. The van der Waals surface area contributed by atoms with E-state index >= 15 is 0 Å². The highest BCUT2D eigenvalue weighted by molar-refractivity contribution is 8.13. The van der Waals surface area contributed by atoms with Crippen molar-refractivity contribution in [3.8, 4) is 5.75 Å². The third-order valence-corrected chi connectivity index (χ3v) is 3.54. The molecule has 1 unspecified atom stereocenters. The molecular weight excluding hydrogens is 290 g/mol. The molecule has 1 rings (SSSR count). The van der Waals surface area contributed by atoms with Gasteiger partial charge in [0.1, 0.15) is 11.6 Å². The molecule has 0 aromatic heterocycles. The summed E-state index contributed by atoms with van der Waals surface area (Å²) in [5, 5.41) is 0.144. The second kappa shape index (κ2) is 5.89. The minimum atomic E-state index is -3.55. The molecule has 0 fully saturated rings. The van der Waals surface area contributed by atoms with Gasteiger partial charge in [0.2, 0.25) is 9.05 Å². The second-order valence-electron chi connectivity index (χ2n) is 3.70. The summed E-state index contributed by atoms with van der Waals surface area (Å²) in [7, 11) is 1.56. The number of rotatable bonds is 5. The summed E-state index contributed by atoms with van der Waals surface area (Å²) < 4.78 is 39.6. The molecule has 0 amide bonds. The van der Waals surface area contributed by atoms with Crippen molar-refractivity contribution in [2.75, 3.05) is 12.4 Å². The van der Waals surface area contributed by atoms with Gasteiger partial charge in [0, 0.05) is 16.6 Å². The lowest BCUT2D eigenvalue weighted by Crippen LogP contribution is -2.16. The summed E-state index contributed by atoms with van der Waals surface area (Å²) in [6.07, 6.45) is 0. The normalized spacial score (nSPS) is 13.4. The van der Waals surface area contributed by atoms with Crippen LogP contribution in [-0.4, -0.2) is 20.8 Å². The van der Waals surface area contributed by atoms with Gasteiger partial charge in [-0.2, -0.15) is 0 Å². The summed E-state index contributed by atoms with van der Waals surface area (Å²) in [6, 6.07) is 3.73. The van der Waals surface area contributed by atoms with Crippen molar-refractivity contribution in [3.05, 3.63) is 29.0 Å². The first-order chi connectivity index (χ1) is 7.78. The highest BCUT2D eigenvalue weighted by Crippen LogP contribution is 2.25. The van der Waals surface area contributed by atoms with Crippen molar-refractivity contribution >= 4 is 31.3 Å². The van der Waals surface area contributed by atoms with Crippen LogP contribution in [0.25, 0.3) is 0 Å². The molecule has 0 aliphatic carbocycles. The van der Waals surface area contributed by atoms with Gasteiger partial charge in [0.05, 0.1) is 17.4 Å². The minimum Gasteiger partial charge on any atom is -0.492 e. The molecule has 0 heterocycles. The Kier molecular flexibility index (Phi) is 5.04. The summed E-state index contributed by atoms with van der Waals surface area (Å²) in [5.74, 6) is -0.614. The van der Waals surface area contributed by atoms with Gasteiger partial charge < -0.3 is 4.74 Å². The molecule has 0 N–H and O–H groups in total. The van der Waals surface area contributed by atoms with E-state index in [1.165, 1.54) is 12.1 Å². The Bertz CT molecular complexity index is 490. The molecule has 1 aromatic carbocycles. The molecule has 1 aromatic rings. The third-order valence-electron chi connectivity index (χ3n) is 1.90. The zero-order valence-corrected chi connectivity index (χ0v) is 11.3. The maximum absolute atomic E-state index is 12.7. The molecule has 0 saturated heterocycles. The molecule has 0 radical (unpaired) electrons. The van der Waals surface area contributed by atoms with E-state index < -0.39 is 14.9 Å². The van der Waals surface area contributed by atoms with Crippen molar-refractivity contribution in [3.63, 3.8) is 0 Å². The lowest BCUT2D eigenvalue weighted by atomic mass is 10.2. The highest BCUT2D eigenvalue weighted by atomic mass is 35.7. The first-order valence-electron chi connectivity index (χ1n) is 4.78. The molecule has 17 heavy (non-hydrogen) atoms. The van der Waals surface area contributed by atoms with Crippen molar-refractivity contribution in [1.82, 2.24) is 0 Å². The fraction of sp³-hybridized carbons (Fsp3) is 0.400. The Labute approximate surface area is 109 Å². The van der Waals surface area contributed by atoms with Crippen LogP contribution in [0.15, 0.2) is 18.2 Å². The molecule has 3 nitrogen and oxygen atoms in total. The number of hydrogen-bond donors (Lipinski definition) is 0. The fourth-order valence-electron chi connectivity index (χ4n) is 1.21. The van der Waals surface area contributed by atoms with Gasteiger partial charge in [-0.3, -0.25) is 0 Å². The van der Waals surface area contributed by atoms with Gasteiger partial charge >= 0.3 is 0 Å². The second-order valence-corrected chi connectivity index (χ2v) is 6.93. The van der Waals surface area contributed by atoms with E-state index in [-0.39, 0.29) is 23.3 Å². The van der Waals surface area contributed by atoms with Crippen LogP contribution in [0.4, 0.5) is 4.39 Å². The Balaban J connectivity index is 2.56. The molecule has 7 heteroatoms. The smallest absolute Gasteiger partial charge is 0.232 e. The molecule has 0 aliphatic heterocycles. The number of hydrogen-bond acceptors (Lipinski definition) is 3. The van der Waals surface area contributed by atoms with Crippen LogP contribution in [0.2, 0.25) is 5.02 Å². The Morgan fingerprint density at radius 1 is 1.47 bits per heavy atom. The fourth-order valence-corrected chi connectivity index (χ4v) is 2.86. The maximum Gasteiger partial charge on any atom is 0.232 e. The average Bonchev–Trinajstić information content (AvgIpc) is 2.13. The predicted molar refractivity (Wildman–Crippen MR) is 65.7 cm³/mol. The first kappa shape index (κ1) is 14.5. The van der Waals surface area contributed by atoms with E-state index in [0.717, 1.165) is 6.07 Å². The van der Waals surface area contributed by atoms with E-state index in [0.29, 0.717) is 5.75 Å². The molecule has 0 spiro atoms. The number of ether oxygens (including phenoxy) is 1. The summed E-state index contributed by atoms with van der Waals surface area (Å²) in [6.45, 7) is 1.81. The molecule has 0 aliphatic rings. The maximum atomic E-state index is 12.7. The topological polar surface area (TPSA) is 43.4 Å². The van der Waals surface area contributed by atoms with E-state index in [4.69, 9.17) is 27.0 Å². The van der Waals surface area contributed by atoms with Crippen LogP contribution in [0.5, 0.6) is 5.75 Å². The van der Waals surface area contributed by atoms with E-state index in [2.05, 4.69) is 0 Å². The van der Waals surface area contributed by atoms with E-state index in [1.807, 2.05) is 0 Å². The van der Waals surface area contributed by atoms with Crippen LogP contribution in [-0.2, 0) is 9.05 Å². The summed E-state index contributed by atoms with van der Waals surface area (Å²) in [4.78, 5) is 0. The highest BCUT2D eigenvalue weighted by Gasteiger charge is 2.14. The zero-order valence-electron chi connectivity index (χ0n) is 8.99. The van der Waals surface area contributed by atoms with Gasteiger partial charge in [-0.15, -0.1) is 0 Å². The molecule has 0 saturated carbocycles. The molecular formula is C10H11Cl2FO3S. The van der Waals surface area contributed by atoms with Crippen LogP contribution in [0, 0.1) is 11.7 Å². The van der Waals surface area contributed by atoms with Crippen molar-refractivity contribution < 1.29 is 17.5 Å². The van der Waals surface area contributed by atoms with Crippen LogP contribution in [0.1, 0.15) is 6.92 Å². The predicted octanol–water partition coefficient (Wildman–Crippen LogP) is 3.06. The van der Waals surface area contributed by atoms with E-state index in [9.17, 15) is 12.8 Å². The third kappa shape index (κ3) is 5.57. The Hall–Kier alpha value is -0.520. The Morgan fingerprint density at radius 3 is 2.65 bits per heavy atom. The van der Waals surface area contributed by atoms with Crippen molar-refractivity contribution in [2.24, 2.45) is 5.92 Å². The van der Waals surface area contributed by atoms with Gasteiger partial charge in [-0.25, -0.2) is 12.8 Å². The quantitative estimate of drug-likeness (QED) is 0.785. The lowest BCUT2D eigenvalue weighted by molar-refractivity contribution is 0.272. The lowest BCUT2D eigenvalue weighted by Gasteiger charge is -2.12. The van der Waals surface area contributed by atoms with Crippen LogP contribution < -0.4 is 4.74 Å².